The van der Waals surface area contributed by atoms with E-state index in [0.717, 1.165) is 12.1 Å². The van der Waals surface area contributed by atoms with Gasteiger partial charge in [0.25, 0.3) is 0 Å². The molecule has 0 spiro atoms. The summed E-state index contributed by atoms with van der Waals surface area (Å²) in [5.41, 5.74) is 0.00724. The van der Waals surface area contributed by atoms with Crippen LogP contribution in [-0.2, 0) is 19.3 Å². The summed E-state index contributed by atoms with van der Waals surface area (Å²) in [6.07, 6.45) is -4.42. The fourth-order valence-electron chi connectivity index (χ4n) is 2.48. The zero-order chi connectivity index (χ0) is 17.2. The molecule has 0 aliphatic heterocycles. The van der Waals surface area contributed by atoms with E-state index >= 15 is 0 Å². The number of nitrogens with zero attached hydrogens (tertiary/aromatic N) is 2. The van der Waals surface area contributed by atoms with E-state index in [9.17, 15) is 18.3 Å². The van der Waals surface area contributed by atoms with Gasteiger partial charge in [-0.1, -0.05) is 18.2 Å². The fraction of sp³-hybridized carbons (Fsp3) is 0.235. The Labute approximate surface area is 136 Å². The van der Waals surface area contributed by atoms with Crippen LogP contribution in [0.25, 0.3) is 11.0 Å². The summed E-state index contributed by atoms with van der Waals surface area (Å²) < 4.78 is 45.8. The zero-order valence-corrected chi connectivity index (χ0v) is 12.6. The van der Waals surface area contributed by atoms with E-state index in [1.54, 1.807) is 16.7 Å². The minimum Gasteiger partial charge on any atom is -0.486 e. The number of aromatic nitrogens is 2. The summed E-state index contributed by atoms with van der Waals surface area (Å²) in [4.78, 5) is 4.25. The predicted molar refractivity (Wildman–Crippen MR) is 82.6 cm³/mol. The molecule has 4 nitrogen and oxygen atoms in total. The maximum absolute atomic E-state index is 12.8. The molecule has 0 saturated carbocycles. The summed E-state index contributed by atoms with van der Waals surface area (Å²) >= 11 is 0. The largest absolute Gasteiger partial charge is 0.486 e. The summed E-state index contributed by atoms with van der Waals surface area (Å²) in [6.45, 7) is 0.181. The summed E-state index contributed by atoms with van der Waals surface area (Å²) in [7, 11) is 0. The van der Waals surface area contributed by atoms with Crippen molar-refractivity contribution < 1.29 is 23.0 Å². The van der Waals surface area contributed by atoms with Crippen LogP contribution in [-0.4, -0.2) is 21.3 Å². The maximum atomic E-state index is 12.8. The van der Waals surface area contributed by atoms with Gasteiger partial charge in [-0.25, -0.2) is 4.98 Å². The molecule has 7 heteroatoms. The van der Waals surface area contributed by atoms with Crippen molar-refractivity contribution in [3.63, 3.8) is 0 Å². The van der Waals surface area contributed by atoms with Crippen LogP contribution in [0.1, 0.15) is 11.4 Å². The highest BCUT2D eigenvalue weighted by Crippen LogP contribution is 2.31. The molecule has 3 aromatic rings. The summed E-state index contributed by atoms with van der Waals surface area (Å²) in [5.74, 6) is 1.10. The molecule has 0 fully saturated rings. The average Bonchev–Trinajstić information content (AvgIpc) is 2.91. The van der Waals surface area contributed by atoms with Crippen LogP contribution in [0.5, 0.6) is 5.75 Å². The molecule has 0 saturated heterocycles. The molecule has 126 valence electrons. The number of hydrogen-bond acceptors (Lipinski definition) is 3. The first kappa shape index (κ1) is 16.3. The second-order valence-corrected chi connectivity index (χ2v) is 5.21. The molecule has 1 heterocycles. The molecular formula is C17H15F3N2O2. The van der Waals surface area contributed by atoms with Gasteiger partial charge in [0.15, 0.2) is 0 Å². The molecular weight excluding hydrogens is 321 g/mol. The van der Waals surface area contributed by atoms with E-state index in [0.29, 0.717) is 17.1 Å². The van der Waals surface area contributed by atoms with E-state index in [1.165, 1.54) is 6.07 Å². The minimum atomic E-state index is -4.42. The van der Waals surface area contributed by atoms with Gasteiger partial charge < -0.3 is 14.4 Å². The predicted octanol–water partition coefficient (Wildman–Crippen LogP) is 3.63. The summed E-state index contributed by atoms with van der Waals surface area (Å²) in [6, 6.07) is 12.4. The van der Waals surface area contributed by atoms with Gasteiger partial charge in [0.2, 0.25) is 0 Å². The molecule has 0 amide bonds. The van der Waals surface area contributed by atoms with Crippen LogP contribution >= 0.6 is 0 Å². The molecule has 0 atom stereocenters. The highest BCUT2D eigenvalue weighted by Gasteiger charge is 2.31. The third kappa shape index (κ3) is 3.35. The molecule has 0 aliphatic carbocycles. The Hall–Kier alpha value is -2.54. The Morgan fingerprint density at radius 2 is 1.83 bits per heavy atom. The van der Waals surface area contributed by atoms with Gasteiger partial charge in [-0.05, 0) is 30.3 Å². The number of alkyl halides is 3. The number of imidazole rings is 1. The molecule has 0 radical (unpaired) electrons. The lowest BCUT2D eigenvalue weighted by atomic mass is 10.2. The second kappa shape index (κ2) is 6.52. The third-order valence-electron chi connectivity index (χ3n) is 3.59. The van der Waals surface area contributed by atoms with Crippen LogP contribution in [0.4, 0.5) is 13.2 Å². The van der Waals surface area contributed by atoms with Gasteiger partial charge in [0, 0.05) is 6.54 Å². The first-order chi connectivity index (χ1) is 11.5. The average molecular weight is 336 g/mol. The van der Waals surface area contributed by atoms with E-state index in [2.05, 4.69) is 4.98 Å². The van der Waals surface area contributed by atoms with Gasteiger partial charge in [-0.2, -0.15) is 13.2 Å². The second-order valence-electron chi connectivity index (χ2n) is 5.21. The van der Waals surface area contributed by atoms with E-state index in [-0.39, 0.29) is 25.3 Å². The lowest BCUT2D eigenvalue weighted by Gasteiger charge is -2.09. The normalized spacial score (nSPS) is 11.8. The van der Waals surface area contributed by atoms with Crippen LogP contribution in [0.3, 0.4) is 0 Å². The first-order valence-corrected chi connectivity index (χ1v) is 7.34. The van der Waals surface area contributed by atoms with Crippen LogP contribution in [0, 0.1) is 0 Å². The van der Waals surface area contributed by atoms with E-state index in [4.69, 9.17) is 4.74 Å². The van der Waals surface area contributed by atoms with Crippen molar-refractivity contribution >= 4 is 11.0 Å². The van der Waals surface area contributed by atoms with Crippen LogP contribution in [0.2, 0.25) is 0 Å². The molecule has 1 N–H and O–H groups in total. The van der Waals surface area contributed by atoms with Crippen LogP contribution in [0.15, 0.2) is 48.5 Å². The highest BCUT2D eigenvalue weighted by atomic mass is 19.4. The number of hydrogen-bond donors (Lipinski definition) is 1. The SMILES string of the molecule is OCCn1c(COc2ccccc2)nc2cc(C(F)(F)F)ccc21. The van der Waals surface area contributed by atoms with Gasteiger partial charge >= 0.3 is 6.18 Å². The van der Waals surface area contributed by atoms with Gasteiger partial charge in [-0.15, -0.1) is 0 Å². The van der Waals surface area contributed by atoms with Crippen molar-refractivity contribution in [2.45, 2.75) is 19.3 Å². The Bertz CT molecular complexity index is 829. The molecule has 3 rings (SSSR count). The number of halogens is 3. The van der Waals surface area contributed by atoms with E-state index < -0.39 is 11.7 Å². The number of aliphatic hydroxyl groups is 1. The molecule has 24 heavy (non-hydrogen) atoms. The van der Waals surface area contributed by atoms with Crippen molar-refractivity contribution in [3.8, 4) is 5.75 Å². The van der Waals surface area contributed by atoms with Crippen molar-refractivity contribution in [2.24, 2.45) is 0 Å². The maximum Gasteiger partial charge on any atom is 0.416 e. The lowest BCUT2D eigenvalue weighted by molar-refractivity contribution is -0.137. The third-order valence-corrected chi connectivity index (χ3v) is 3.59. The van der Waals surface area contributed by atoms with Crippen LogP contribution < -0.4 is 4.74 Å². The number of fused-ring (bicyclic) bond motifs is 1. The summed E-state index contributed by atoms with van der Waals surface area (Å²) in [5, 5.41) is 9.22. The van der Waals surface area contributed by atoms with E-state index in [1.807, 2.05) is 18.2 Å². The fourth-order valence-corrected chi connectivity index (χ4v) is 2.48. The highest BCUT2D eigenvalue weighted by molar-refractivity contribution is 5.77. The van der Waals surface area contributed by atoms with Gasteiger partial charge in [0.1, 0.15) is 18.2 Å². The molecule has 0 bridgehead atoms. The first-order valence-electron chi connectivity index (χ1n) is 7.34. The topological polar surface area (TPSA) is 47.3 Å². The molecule has 0 unspecified atom stereocenters. The van der Waals surface area contributed by atoms with Crippen molar-refractivity contribution in [1.82, 2.24) is 9.55 Å². The Balaban J connectivity index is 1.95. The number of para-hydroxylation sites is 1. The Morgan fingerprint density at radius 1 is 1.08 bits per heavy atom. The monoisotopic (exact) mass is 336 g/mol. The van der Waals surface area contributed by atoms with Crippen molar-refractivity contribution in [1.29, 1.82) is 0 Å². The smallest absolute Gasteiger partial charge is 0.416 e. The standard InChI is InChI=1S/C17H15F3N2O2/c18-17(19,20)12-6-7-15-14(10-12)21-16(22(15)8-9-23)11-24-13-4-2-1-3-5-13/h1-7,10,23H,8-9,11H2. The number of ether oxygens (including phenoxy) is 1. The molecule has 0 aliphatic rings. The number of aliphatic hydroxyl groups excluding tert-OH is 1. The lowest BCUT2D eigenvalue weighted by Crippen LogP contribution is -2.09. The Morgan fingerprint density at radius 3 is 2.50 bits per heavy atom. The molecule has 2 aromatic carbocycles. The minimum absolute atomic E-state index is 0.0973. The number of benzene rings is 2. The quantitative estimate of drug-likeness (QED) is 0.774. The van der Waals surface area contributed by atoms with Gasteiger partial charge in [0.05, 0.1) is 23.2 Å². The van der Waals surface area contributed by atoms with Gasteiger partial charge in [-0.3, -0.25) is 0 Å². The van der Waals surface area contributed by atoms with Crippen molar-refractivity contribution in [2.75, 3.05) is 6.61 Å². The molecule has 1 aromatic heterocycles. The number of rotatable bonds is 5. The Kier molecular flexibility index (Phi) is 4.44. The van der Waals surface area contributed by atoms with Crippen molar-refractivity contribution in [3.05, 3.63) is 59.9 Å². The zero-order valence-electron chi connectivity index (χ0n) is 12.6.